The van der Waals surface area contributed by atoms with Crippen molar-refractivity contribution in [2.45, 2.75) is 46.1 Å². The minimum Gasteiger partial charge on any atom is -0.508 e. The van der Waals surface area contributed by atoms with Crippen molar-refractivity contribution < 1.29 is 24.2 Å². The van der Waals surface area contributed by atoms with E-state index in [1.165, 1.54) is 6.07 Å². The van der Waals surface area contributed by atoms with E-state index in [-0.39, 0.29) is 23.3 Å². The summed E-state index contributed by atoms with van der Waals surface area (Å²) in [6.07, 6.45) is 0.652. The molecule has 1 aromatic heterocycles. The van der Waals surface area contributed by atoms with Gasteiger partial charge in [0.25, 0.3) is 0 Å². The van der Waals surface area contributed by atoms with Crippen LogP contribution in [0.2, 0.25) is 0 Å². The summed E-state index contributed by atoms with van der Waals surface area (Å²) in [5, 5.41) is 21.9. The number of amides is 1. The molecular weight excluding hydrogens is 326 g/mol. The maximum Gasteiger partial charge on any atom is 0.340 e. The standard InChI is InChI=1S/C18H21NO6/c1-4-5-13(17(22)23)19-15(21)8-12-9(2)11-6-7-14(20)10(3)16(11)25-18(12)24/h6-7,13,20H,4-5,8H2,1-3H3,(H,19,21)(H,22,23). The Morgan fingerprint density at radius 3 is 2.52 bits per heavy atom. The average molecular weight is 347 g/mol. The number of rotatable bonds is 6. The molecular formula is C18H21NO6. The number of benzene rings is 1. The fourth-order valence-corrected chi connectivity index (χ4v) is 2.73. The molecule has 134 valence electrons. The third-order valence-corrected chi connectivity index (χ3v) is 4.22. The SMILES string of the molecule is CCCC(NC(=O)Cc1c(C)c2ccc(O)c(C)c2oc1=O)C(=O)O. The van der Waals surface area contributed by atoms with E-state index in [2.05, 4.69) is 5.32 Å². The van der Waals surface area contributed by atoms with Gasteiger partial charge in [0.2, 0.25) is 5.91 Å². The Kier molecular flexibility index (Phi) is 5.46. The minimum absolute atomic E-state index is 0.0180. The van der Waals surface area contributed by atoms with Crippen molar-refractivity contribution in [2.24, 2.45) is 0 Å². The largest absolute Gasteiger partial charge is 0.508 e. The molecule has 1 aromatic carbocycles. The molecule has 2 aromatic rings. The van der Waals surface area contributed by atoms with Crippen molar-refractivity contribution in [1.29, 1.82) is 0 Å². The van der Waals surface area contributed by atoms with Gasteiger partial charge in [0.05, 0.1) is 12.0 Å². The summed E-state index contributed by atoms with van der Waals surface area (Å²) in [6, 6.07) is 2.13. The quantitative estimate of drug-likeness (QED) is 0.688. The molecule has 3 N–H and O–H groups in total. The van der Waals surface area contributed by atoms with Gasteiger partial charge in [0, 0.05) is 10.9 Å². The molecule has 1 amide bonds. The summed E-state index contributed by atoms with van der Waals surface area (Å²) < 4.78 is 5.27. The number of fused-ring (bicyclic) bond motifs is 1. The van der Waals surface area contributed by atoms with Crippen molar-refractivity contribution in [2.75, 3.05) is 0 Å². The van der Waals surface area contributed by atoms with E-state index in [1.807, 2.05) is 6.92 Å². The number of nitrogens with one attached hydrogen (secondary N) is 1. The smallest absolute Gasteiger partial charge is 0.340 e. The van der Waals surface area contributed by atoms with E-state index in [0.717, 1.165) is 0 Å². The third-order valence-electron chi connectivity index (χ3n) is 4.22. The highest BCUT2D eigenvalue weighted by atomic mass is 16.4. The molecule has 0 saturated heterocycles. The first-order valence-electron chi connectivity index (χ1n) is 8.03. The van der Waals surface area contributed by atoms with E-state index >= 15 is 0 Å². The fourth-order valence-electron chi connectivity index (χ4n) is 2.73. The molecule has 25 heavy (non-hydrogen) atoms. The number of carboxylic acid groups (broad SMARTS) is 1. The van der Waals surface area contributed by atoms with Crippen molar-refractivity contribution in [1.82, 2.24) is 5.32 Å². The number of carboxylic acids is 1. The third kappa shape index (κ3) is 3.81. The highest BCUT2D eigenvalue weighted by Crippen LogP contribution is 2.28. The number of phenols is 1. The molecule has 7 nitrogen and oxygen atoms in total. The Balaban J connectivity index is 2.35. The van der Waals surface area contributed by atoms with Crippen LogP contribution in [0.25, 0.3) is 11.0 Å². The summed E-state index contributed by atoms with van der Waals surface area (Å²) in [7, 11) is 0. The van der Waals surface area contributed by atoms with Crippen molar-refractivity contribution in [3.8, 4) is 5.75 Å². The van der Waals surface area contributed by atoms with Gasteiger partial charge in [-0.1, -0.05) is 13.3 Å². The maximum atomic E-state index is 12.3. The van der Waals surface area contributed by atoms with Crippen LogP contribution in [-0.4, -0.2) is 28.1 Å². The van der Waals surface area contributed by atoms with Crippen LogP contribution in [-0.2, 0) is 16.0 Å². The van der Waals surface area contributed by atoms with Crippen LogP contribution in [0.15, 0.2) is 21.3 Å². The molecule has 0 aliphatic heterocycles. The number of aromatic hydroxyl groups is 1. The summed E-state index contributed by atoms with van der Waals surface area (Å²) in [5.74, 6) is -1.64. The summed E-state index contributed by atoms with van der Waals surface area (Å²) in [4.78, 5) is 35.6. The van der Waals surface area contributed by atoms with Crippen LogP contribution >= 0.6 is 0 Å². The second kappa shape index (κ2) is 7.38. The molecule has 2 rings (SSSR count). The molecule has 1 atom stereocenters. The molecule has 0 saturated carbocycles. The van der Waals surface area contributed by atoms with E-state index in [0.29, 0.717) is 29.4 Å². The first-order chi connectivity index (χ1) is 11.8. The summed E-state index contributed by atoms with van der Waals surface area (Å²) >= 11 is 0. The summed E-state index contributed by atoms with van der Waals surface area (Å²) in [6.45, 7) is 5.15. The normalized spacial score (nSPS) is 12.1. The molecule has 1 unspecified atom stereocenters. The molecule has 0 fully saturated rings. The second-order valence-electron chi connectivity index (χ2n) is 6.00. The van der Waals surface area contributed by atoms with Crippen LogP contribution in [0.4, 0.5) is 0 Å². The topological polar surface area (TPSA) is 117 Å². The number of aliphatic carboxylic acids is 1. The highest BCUT2D eigenvalue weighted by Gasteiger charge is 2.21. The Hall–Kier alpha value is -2.83. The molecule has 0 aliphatic rings. The van der Waals surface area contributed by atoms with E-state index < -0.39 is 23.5 Å². The number of hydrogen-bond donors (Lipinski definition) is 3. The zero-order valence-electron chi connectivity index (χ0n) is 14.4. The average Bonchev–Trinajstić information content (AvgIpc) is 2.55. The number of carbonyl (C=O) groups excluding carboxylic acids is 1. The first-order valence-corrected chi connectivity index (χ1v) is 8.03. The van der Waals surface area contributed by atoms with Crippen LogP contribution in [0.3, 0.4) is 0 Å². The van der Waals surface area contributed by atoms with Crippen molar-refractivity contribution in [3.63, 3.8) is 0 Å². The lowest BCUT2D eigenvalue weighted by atomic mass is 10.0. The number of aryl methyl sites for hydroxylation is 2. The predicted molar refractivity (Wildman–Crippen MR) is 91.8 cm³/mol. The molecule has 0 aliphatic carbocycles. The monoisotopic (exact) mass is 347 g/mol. The predicted octanol–water partition coefficient (Wildman–Crippen LogP) is 2.03. The zero-order valence-corrected chi connectivity index (χ0v) is 14.4. The van der Waals surface area contributed by atoms with Crippen LogP contribution < -0.4 is 10.9 Å². The maximum absolute atomic E-state index is 12.3. The van der Waals surface area contributed by atoms with Gasteiger partial charge >= 0.3 is 11.6 Å². The lowest BCUT2D eigenvalue weighted by molar-refractivity contribution is -0.141. The number of carbonyl (C=O) groups is 2. The van der Waals surface area contributed by atoms with E-state index in [9.17, 15) is 19.5 Å². The number of phenolic OH excluding ortho intramolecular Hbond substituents is 1. The molecule has 1 heterocycles. The van der Waals surface area contributed by atoms with Gasteiger partial charge < -0.3 is 19.9 Å². The van der Waals surface area contributed by atoms with Crippen LogP contribution in [0, 0.1) is 13.8 Å². The van der Waals surface area contributed by atoms with E-state index in [1.54, 1.807) is 19.9 Å². The first kappa shape index (κ1) is 18.5. The van der Waals surface area contributed by atoms with Gasteiger partial charge in [-0.15, -0.1) is 0 Å². The molecule has 0 spiro atoms. The fraction of sp³-hybridized carbons (Fsp3) is 0.389. The van der Waals surface area contributed by atoms with Gasteiger partial charge in [-0.3, -0.25) is 4.79 Å². The Morgan fingerprint density at radius 2 is 1.92 bits per heavy atom. The number of hydrogen-bond acceptors (Lipinski definition) is 5. The van der Waals surface area contributed by atoms with Crippen LogP contribution in [0.1, 0.15) is 36.5 Å². The van der Waals surface area contributed by atoms with Gasteiger partial charge in [-0.2, -0.15) is 0 Å². The Morgan fingerprint density at radius 1 is 1.24 bits per heavy atom. The van der Waals surface area contributed by atoms with Gasteiger partial charge in [-0.05, 0) is 38.0 Å². The molecule has 0 radical (unpaired) electrons. The van der Waals surface area contributed by atoms with E-state index in [4.69, 9.17) is 9.52 Å². The Bertz CT molecular complexity index is 883. The van der Waals surface area contributed by atoms with Crippen molar-refractivity contribution in [3.05, 3.63) is 39.2 Å². The Labute approximate surface area is 144 Å². The second-order valence-corrected chi connectivity index (χ2v) is 6.00. The van der Waals surface area contributed by atoms with Gasteiger partial charge in [0.1, 0.15) is 17.4 Å². The van der Waals surface area contributed by atoms with Crippen molar-refractivity contribution >= 4 is 22.8 Å². The summed E-state index contributed by atoms with van der Waals surface area (Å²) in [5.41, 5.74) is 0.808. The minimum atomic E-state index is -1.11. The van der Waals surface area contributed by atoms with Gasteiger partial charge in [-0.25, -0.2) is 9.59 Å². The van der Waals surface area contributed by atoms with Crippen LogP contribution in [0.5, 0.6) is 5.75 Å². The molecule has 0 bridgehead atoms. The molecule has 7 heteroatoms. The lowest BCUT2D eigenvalue weighted by Crippen LogP contribution is -2.41. The lowest BCUT2D eigenvalue weighted by Gasteiger charge is -2.14. The zero-order chi connectivity index (χ0) is 18.7. The highest BCUT2D eigenvalue weighted by molar-refractivity contribution is 5.88. The van der Waals surface area contributed by atoms with Gasteiger partial charge in [0.15, 0.2) is 0 Å².